The van der Waals surface area contributed by atoms with E-state index >= 15 is 0 Å². The number of aromatic nitrogens is 1. The number of nitrogens with zero attached hydrogens (tertiary/aromatic N) is 1. The first kappa shape index (κ1) is 10.1. The Morgan fingerprint density at radius 2 is 2.00 bits per heavy atom. The van der Waals surface area contributed by atoms with E-state index in [0.29, 0.717) is 0 Å². The minimum absolute atomic E-state index is 0.114. The Hall–Kier alpha value is -0.970. The topological polar surface area (TPSA) is 22.1 Å². The molecular weight excluding hydrogens is 207 g/mol. The van der Waals surface area contributed by atoms with E-state index in [1.54, 1.807) is 0 Å². The van der Waals surface area contributed by atoms with Crippen molar-refractivity contribution in [2.45, 2.75) is 6.18 Å². The lowest BCUT2D eigenvalue weighted by Crippen LogP contribution is -2.09. The van der Waals surface area contributed by atoms with Gasteiger partial charge in [0.05, 0.1) is 12.1 Å². The Morgan fingerprint density at radius 3 is 2.46 bits per heavy atom. The van der Waals surface area contributed by atoms with Crippen molar-refractivity contribution in [1.82, 2.24) is 4.98 Å². The smallest absolute Gasteiger partial charge is 0.434 e. The summed E-state index contributed by atoms with van der Waals surface area (Å²) >= 11 is 5.30. The summed E-state index contributed by atoms with van der Waals surface area (Å²) in [4.78, 5) is 3.18. The van der Waals surface area contributed by atoms with Gasteiger partial charge in [0.25, 0.3) is 0 Å². The Bertz CT molecular complexity index is 313. The summed E-state index contributed by atoms with van der Waals surface area (Å²) in [6.07, 6.45) is -4.55. The van der Waals surface area contributed by atoms with Gasteiger partial charge < -0.3 is 4.74 Å². The minimum Gasteiger partial charge on any atom is -0.481 e. The maximum atomic E-state index is 12.2. The number of rotatable bonds is 1. The summed E-state index contributed by atoms with van der Waals surface area (Å²) in [5.41, 5.74) is -1.13. The predicted molar refractivity (Wildman–Crippen MR) is 40.8 cm³/mol. The molecule has 0 aliphatic rings. The van der Waals surface area contributed by atoms with Gasteiger partial charge >= 0.3 is 6.18 Å². The van der Waals surface area contributed by atoms with Crippen LogP contribution in [0.25, 0.3) is 0 Å². The molecule has 0 atom stereocenters. The molecule has 0 N–H and O–H groups in total. The molecule has 0 spiro atoms. The first-order valence-corrected chi connectivity index (χ1v) is 3.60. The zero-order valence-corrected chi connectivity index (χ0v) is 7.28. The zero-order chi connectivity index (χ0) is 10.1. The molecule has 13 heavy (non-hydrogen) atoms. The number of pyridine rings is 1. The maximum Gasteiger partial charge on any atom is 0.434 e. The average molecular weight is 212 g/mol. The highest BCUT2D eigenvalue weighted by Gasteiger charge is 2.35. The molecule has 0 amide bonds. The van der Waals surface area contributed by atoms with Crippen molar-refractivity contribution in [3.05, 3.63) is 22.8 Å². The summed E-state index contributed by atoms with van der Waals surface area (Å²) in [5, 5.41) is -0.437. The fourth-order valence-corrected chi connectivity index (χ4v) is 0.949. The molecule has 0 unspecified atom stereocenters. The SMILES string of the molecule is COc1ccc(Cl)c(C(F)(F)F)n1. The Balaban J connectivity index is 3.19. The van der Waals surface area contributed by atoms with Crippen LogP contribution in [-0.2, 0) is 6.18 Å². The van der Waals surface area contributed by atoms with Crippen LogP contribution in [0.3, 0.4) is 0 Å². The molecule has 0 saturated carbocycles. The molecule has 0 bridgehead atoms. The lowest BCUT2D eigenvalue weighted by Gasteiger charge is -2.08. The van der Waals surface area contributed by atoms with Crippen LogP contribution in [0.1, 0.15) is 5.69 Å². The van der Waals surface area contributed by atoms with Crippen molar-refractivity contribution < 1.29 is 17.9 Å². The van der Waals surface area contributed by atoms with Crippen LogP contribution in [0.15, 0.2) is 12.1 Å². The molecule has 0 radical (unpaired) electrons. The molecule has 1 aromatic heterocycles. The summed E-state index contributed by atoms with van der Waals surface area (Å²) in [5.74, 6) is -0.114. The van der Waals surface area contributed by atoms with Crippen molar-refractivity contribution in [1.29, 1.82) is 0 Å². The van der Waals surface area contributed by atoms with Gasteiger partial charge in [0.2, 0.25) is 5.88 Å². The molecule has 1 heterocycles. The van der Waals surface area contributed by atoms with Crippen LogP contribution in [0, 0.1) is 0 Å². The fraction of sp³-hybridized carbons (Fsp3) is 0.286. The van der Waals surface area contributed by atoms with Crippen molar-refractivity contribution in [2.75, 3.05) is 7.11 Å². The Labute approximate surface area is 77.3 Å². The number of halogens is 4. The van der Waals surface area contributed by atoms with Crippen LogP contribution in [0.5, 0.6) is 5.88 Å². The molecule has 0 saturated heterocycles. The van der Waals surface area contributed by atoms with Crippen LogP contribution in [-0.4, -0.2) is 12.1 Å². The molecule has 1 aromatic rings. The van der Waals surface area contributed by atoms with Crippen molar-refractivity contribution >= 4 is 11.6 Å². The van der Waals surface area contributed by atoms with Gasteiger partial charge in [0.15, 0.2) is 5.69 Å². The van der Waals surface area contributed by atoms with Gasteiger partial charge in [-0.1, -0.05) is 11.6 Å². The van der Waals surface area contributed by atoms with Crippen molar-refractivity contribution in [2.24, 2.45) is 0 Å². The standard InChI is InChI=1S/C7H5ClF3NO/c1-13-5-3-2-4(8)6(12-5)7(9,10)11/h2-3H,1H3. The molecule has 0 aliphatic heterocycles. The molecule has 1 rings (SSSR count). The number of methoxy groups -OCH3 is 1. The lowest BCUT2D eigenvalue weighted by molar-refractivity contribution is -0.141. The van der Waals surface area contributed by atoms with E-state index in [-0.39, 0.29) is 5.88 Å². The first-order valence-electron chi connectivity index (χ1n) is 3.23. The van der Waals surface area contributed by atoms with Crippen molar-refractivity contribution in [3.8, 4) is 5.88 Å². The molecule has 2 nitrogen and oxygen atoms in total. The van der Waals surface area contributed by atoms with Gasteiger partial charge in [-0.3, -0.25) is 0 Å². The summed E-state index contributed by atoms with van der Waals surface area (Å²) in [7, 11) is 1.23. The normalized spacial score (nSPS) is 11.5. The lowest BCUT2D eigenvalue weighted by atomic mass is 10.3. The summed E-state index contributed by atoms with van der Waals surface area (Å²) < 4.78 is 41.0. The molecule has 0 fully saturated rings. The van der Waals surface area contributed by atoms with Crippen LogP contribution in [0.4, 0.5) is 13.2 Å². The highest BCUT2D eigenvalue weighted by Crippen LogP contribution is 2.33. The van der Waals surface area contributed by atoms with Gasteiger partial charge in [0.1, 0.15) is 0 Å². The highest BCUT2D eigenvalue weighted by atomic mass is 35.5. The molecular formula is C7H5ClF3NO. The Morgan fingerprint density at radius 1 is 1.38 bits per heavy atom. The summed E-state index contributed by atoms with van der Waals surface area (Å²) in [6.45, 7) is 0. The first-order chi connectivity index (χ1) is 5.95. The van der Waals surface area contributed by atoms with E-state index in [4.69, 9.17) is 11.6 Å². The van der Waals surface area contributed by atoms with E-state index in [0.717, 1.165) is 6.07 Å². The quantitative estimate of drug-likeness (QED) is 0.713. The second-order valence-electron chi connectivity index (χ2n) is 2.18. The van der Waals surface area contributed by atoms with Gasteiger partial charge in [-0.2, -0.15) is 13.2 Å². The third kappa shape index (κ3) is 2.24. The monoisotopic (exact) mass is 211 g/mol. The van der Waals surface area contributed by atoms with E-state index in [1.807, 2.05) is 0 Å². The van der Waals surface area contributed by atoms with Gasteiger partial charge in [-0.05, 0) is 6.07 Å². The van der Waals surface area contributed by atoms with Crippen LogP contribution < -0.4 is 4.74 Å². The van der Waals surface area contributed by atoms with Gasteiger partial charge in [-0.25, -0.2) is 4.98 Å². The second-order valence-corrected chi connectivity index (χ2v) is 2.59. The van der Waals surface area contributed by atoms with Gasteiger partial charge in [-0.15, -0.1) is 0 Å². The summed E-state index contributed by atoms with van der Waals surface area (Å²) in [6, 6.07) is 2.35. The number of hydrogen-bond donors (Lipinski definition) is 0. The number of hydrogen-bond acceptors (Lipinski definition) is 2. The average Bonchev–Trinajstić information content (AvgIpc) is 2.03. The van der Waals surface area contributed by atoms with E-state index < -0.39 is 16.9 Å². The van der Waals surface area contributed by atoms with E-state index in [1.165, 1.54) is 13.2 Å². The predicted octanol–water partition coefficient (Wildman–Crippen LogP) is 2.76. The van der Waals surface area contributed by atoms with Crippen molar-refractivity contribution in [3.63, 3.8) is 0 Å². The molecule has 0 aromatic carbocycles. The van der Waals surface area contributed by atoms with E-state index in [9.17, 15) is 13.2 Å². The van der Waals surface area contributed by atoms with Crippen LogP contribution >= 0.6 is 11.6 Å². The number of alkyl halides is 3. The minimum atomic E-state index is -4.55. The third-order valence-corrected chi connectivity index (χ3v) is 1.60. The third-order valence-electron chi connectivity index (χ3n) is 1.30. The highest BCUT2D eigenvalue weighted by molar-refractivity contribution is 6.31. The molecule has 6 heteroatoms. The maximum absolute atomic E-state index is 12.2. The zero-order valence-electron chi connectivity index (χ0n) is 6.52. The van der Waals surface area contributed by atoms with Gasteiger partial charge in [0, 0.05) is 6.07 Å². The fourth-order valence-electron chi connectivity index (χ4n) is 0.737. The van der Waals surface area contributed by atoms with Crippen LogP contribution in [0.2, 0.25) is 5.02 Å². The second kappa shape index (κ2) is 3.41. The number of ether oxygens (including phenoxy) is 1. The molecule has 0 aliphatic carbocycles. The largest absolute Gasteiger partial charge is 0.481 e. The Kier molecular flexibility index (Phi) is 2.66. The van der Waals surface area contributed by atoms with E-state index in [2.05, 4.69) is 9.72 Å². The molecule has 72 valence electrons.